The monoisotopic (exact) mass is 438 g/mol. The molecule has 0 saturated carbocycles. The van der Waals surface area contributed by atoms with Crippen molar-refractivity contribution in [1.29, 1.82) is 0 Å². The lowest BCUT2D eigenvalue weighted by Gasteiger charge is -2.30. The van der Waals surface area contributed by atoms with E-state index in [0.717, 1.165) is 49.2 Å². The van der Waals surface area contributed by atoms with Gasteiger partial charge >= 0.3 is 12.0 Å². The Morgan fingerprint density at radius 1 is 1.22 bits per heavy atom. The number of urea groups is 1. The molecule has 9 heteroatoms. The van der Waals surface area contributed by atoms with Crippen LogP contribution in [-0.4, -0.2) is 60.8 Å². The second-order valence-corrected chi connectivity index (χ2v) is 8.19. The number of fused-ring (bicyclic) bond motifs is 1. The third-order valence-corrected chi connectivity index (χ3v) is 6.09. The molecular weight excluding hydrogens is 408 g/mol. The van der Waals surface area contributed by atoms with Gasteiger partial charge in [-0.2, -0.15) is 0 Å². The zero-order chi connectivity index (χ0) is 22.5. The maximum Gasteiger partial charge on any atom is 0.334 e. The van der Waals surface area contributed by atoms with Crippen molar-refractivity contribution in [2.45, 2.75) is 38.8 Å². The van der Waals surface area contributed by atoms with Gasteiger partial charge in [-0.15, -0.1) is 5.11 Å². The van der Waals surface area contributed by atoms with Crippen LogP contribution in [-0.2, 0) is 9.53 Å². The van der Waals surface area contributed by atoms with Gasteiger partial charge in [-0.05, 0) is 61.1 Å². The van der Waals surface area contributed by atoms with Gasteiger partial charge in [0.2, 0.25) is 0 Å². The first-order chi connectivity index (χ1) is 15.6. The summed E-state index contributed by atoms with van der Waals surface area (Å²) < 4.78 is 5.21. The number of hydrogen-bond acceptors (Lipinski definition) is 6. The first-order valence-electron chi connectivity index (χ1n) is 11.2. The zero-order valence-corrected chi connectivity index (χ0v) is 18.4. The summed E-state index contributed by atoms with van der Waals surface area (Å²) in [7, 11) is 0. The van der Waals surface area contributed by atoms with E-state index in [9.17, 15) is 9.59 Å². The molecule has 3 heterocycles. The summed E-state index contributed by atoms with van der Waals surface area (Å²) in [4.78, 5) is 28.9. The summed E-state index contributed by atoms with van der Waals surface area (Å²) in [6.07, 6.45) is 6.86. The molecule has 0 bridgehead atoms. The van der Waals surface area contributed by atoms with E-state index in [4.69, 9.17) is 10.6 Å². The van der Waals surface area contributed by atoms with Gasteiger partial charge in [-0.1, -0.05) is 17.4 Å². The molecule has 1 fully saturated rings. The quantitative estimate of drug-likeness (QED) is 0.324. The van der Waals surface area contributed by atoms with Gasteiger partial charge in [0.05, 0.1) is 6.61 Å². The number of carbonyl (C=O) groups is 2. The lowest BCUT2D eigenvalue weighted by atomic mass is 9.96. The summed E-state index contributed by atoms with van der Waals surface area (Å²) >= 11 is 0. The smallest absolute Gasteiger partial charge is 0.334 e. The number of carbonyl (C=O) groups excluding carboxylic acids is 2. The molecule has 2 amide bonds. The highest BCUT2D eigenvalue weighted by Crippen LogP contribution is 2.32. The molecule has 1 unspecified atom stereocenters. The van der Waals surface area contributed by atoms with Gasteiger partial charge < -0.3 is 25.7 Å². The van der Waals surface area contributed by atoms with E-state index in [1.54, 1.807) is 6.92 Å². The van der Waals surface area contributed by atoms with Gasteiger partial charge in [-0.3, -0.25) is 0 Å². The van der Waals surface area contributed by atoms with Gasteiger partial charge in [0.15, 0.2) is 0 Å². The molecule has 0 spiro atoms. The number of anilines is 1. The van der Waals surface area contributed by atoms with E-state index in [1.165, 1.54) is 5.57 Å². The minimum Gasteiger partial charge on any atom is -0.463 e. The number of esters is 1. The van der Waals surface area contributed by atoms with E-state index >= 15 is 0 Å². The molecular formula is C23H30N6O3. The van der Waals surface area contributed by atoms with Crippen molar-refractivity contribution in [3.63, 3.8) is 0 Å². The Balaban J connectivity index is 1.55. The molecule has 1 atom stereocenters. The van der Waals surface area contributed by atoms with Gasteiger partial charge in [0.25, 0.3) is 0 Å². The molecule has 1 saturated heterocycles. The van der Waals surface area contributed by atoms with Crippen LogP contribution >= 0.6 is 0 Å². The summed E-state index contributed by atoms with van der Waals surface area (Å²) in [5.74, 6) is 4.89. The lowest BCUT2D eigenvalue weighted by molar-refractivity contribution is -0.138. The standard InChI is InChI=1S/C23H30N6O3/c1-2-32-22(30)19-14-18-13-17(5-6-20(18)25-21(15-19)26-27-24)16-7-11-29(12-8-16)23(31)28-9-3-4-10-28/h5-7,13-14,21,25H,2-4,8-12,15H2,1H3,(H2,24,26). The van der Waals surface area contributed by atoms with Crippen LogP contribution in [0.1, 0.15) is 43.7 Å². The summed E-state index contributed by atoms with van der Waals surface area (Å²) in [5.41, 5.74) is 4.54. The Bertz CT molecular complexity index is 964. The van der Waals surface area contributed by atoms with Crippen molar-refractivity contribution in [2.75, 3.05) is 38.1 Å². The molecule has 4 rings (SSSR count). The molecule has 3 N–H and O–H groups in total. The van der Waals surface area contributed by atoms with Crippen LogP contribution in [0, 0.1) is 0 Å². The number of nitrogens with two attached hydrogens (primary N) is 1. The fourth-order valence-corrected chi connectivity index (χ4v) is 4.43. The number of ether oxygens (including phenoxy) is 1. The molecule has 1 aromatic rings. The highest BCUT2D eigenvalue weighted by atomic mass is 16.5. The number of nitrogens with one attached hydrogen (secondary N) is 1. The average molecular weight is 439 g/mol. The summed E-state index contributed by atoms with van der Waals surface area (Å²) in [5, 5.41) is 10.7. The normalized spacial score (nSPS) is 20.8. The van der Waals surface area contributed by atoms with Crippen LogP contribution in [0.2, 0.25) is 0 Å². The van der Waals surface area contributed by atoms with Gasteiger partial charge in [0, 0.05) is 43.9 Å². The van der Waals surface area contributed by atoms with Crippen molar-refractivity contribution in [1.82, 2.24) is 9.80 Å². The third kappa shape index (κ3) is 4.76. The number of hydrogen-bond donors (Lipinski definition) is 2. The first-order valence-corrected chi connectivity index (χ1v) is 11.2. The zero-order valence-electron chi connectivity index (χ0n) is 18.4. The predicted molar refractivity (Wildman–Crippen MR) is 122 cm³/mol. The Labute approximate surface area is 188 Å². The minimum atomic E-state index is -0.443. The SMILES string of the molecule is CCOC(=O)C1=Cc2cc(C3=CCN(C(=O)N4CCCC4)CC3)ccc2NC(N=NN)C1. The second kappa shape index (κ2) is 9.84. The molecule has 170 valence electrons. The molecule has 9 nitrogen and oxygen atoms in total. The van der Waals surface area contributed by atoms with Crippen molar-refractivity contribution in [3.05, 3.63) is 41.0 Å². The van der Waals surface area contributed by atoms with E-state index < -0.39 is 6.17 Å². The second-order valence-electron chi connectivity index (χ2n) is 8.19. The van der Waals surface area contributed by atoms with Crippen LogP contribution in [0.15, 0.2) is 40.2 Å². The highest BCUT2D eigenvalue weighted by molar-refractivity contribution is 5.96. The minimum absolute atomic E-state index is 0.144. The van der Waals surface area contributed by atoms with Crippen molar-refractivity contribution >= 4 is 29.3 Å². The number of benzene rings is 1. The average Bonchev–Trinajstić information content (AvgIpc) is 3.28. The Morgan fingerprint density at radius 3 is 2.72 bits per heavy atom. The number of likely N-dealkylation sites (tertiary alicyclic amines) is 1. The fourth-order valence-electron chi connectivity index (χ4n) is 4.43. The number of nitrogens with zero attached hydrogens (tertiary/aromatic N) is 4. The molecule has 3 aliphatic rings. The lowest BCUT2D eigenvalue weighted by Crippen LogP contribution is -2.43. The fraction of sp³-hybridized carbons (Fsp3) is 0.478. The Morgan fingerprint density at radius 2 is 2.03 bits per heavy atom. The number of amides is 2. The van der Waals surface area contributed by atoms with Crippen LogP contribution < -0.4 is 11.2 Å². The van der Waals surface area contributed by atoms with E-state index in [-0.39, 0.29) is 12.0 Å². The maximum atomic E-state index is 12.6. The Hall–Kier alpha value is -3.36. The van der Waals surface area contributed by atoms with Crippen LogP contribution in [0.25, 0.3) is 11.6 Å². The predicted octanol–water partition coefficient (Wildman–Crippen LogP) is 3.41. The van der Waals surface area contributed by atoms with Crippen LogP contribution in [0.4, 0.5) is 10.5 Å². The van der Waals surface area contributed by atoms with Crippen LogP contribution in [0.5, 0.6) is 0 Å². The van der Waals surface area contributed by atoms with Crippen molar-refractivity contribution in [3.8, 4) is 0 Å². The molecule has 32 heavy (non-hydrogen) atoms. The third-order valence-electron chi connectivity index (χ3n) is 6.09. The summed E-state index contributed by atoms with van der Waals surface area (Å²) in [6, 6.07) is 6.24. The van der Waals surface area contributed by atoms with Gasteiger partial charge in [-0.25, -0.2) is 9.59 Å². The number of rotatable bonds is 4. The molecule has 3 aliphatic heterocycles. The maximum absolute atomic E-state index is 12.6. The molecule has 1 aromatic carbocycles. The molecule has 0 aliphatic carbocycles. The topological polar surface area (TPSA) is 113 Å². The van der Waals surface area contributed by atoms with Crippen molar-refractivity contribution in [2.24, 2.45) is 16.2 Å². The first kappa shape index (κ1) is 21.9. The van der Waals surface area contributed by atoms with Crippen LogP contribution in [0.3, 0.4) is 0 Å². The van der Waals surface area contributed by atoms with E-state index in [2.05, 4.69) is 33.9 Å². The summed E-state index contributed by atoms with van der Waals surface area (Å²) in [6.45, 7) is 5.14. The molecule has 0 radical (unpaired) electrons. The van der Waals surface area contributed by atoms with E-state index in [1.807, 2.05) is 21.9 Å². The van der Waals surface area contributed by atoms with Crippen molar-refractivity contribution < 1.29 is 14.3 Å². The van der Waals surface area contributed by atoms with E-state index in [0.29, 0.717) is 31.7 Å². The van der Waals surface area contributed by atoms with Gasteiger partial charge in [0.1, 0.15) is 6.17 Å². The Kier molecular flexibility index (Phi) is 6.72. The molecule has 0 aromatic heterocycles. The largest absolute Gasteiger partial charge is 0.463 e. The highest BCUT2D eigenvalue weighted by Gasteiger charge is 2.26.